The van der Waals surface area contributed by atoms with Crippen LogP contribution in [0.4, 0.5) is 0 Å². The average molecular weight is 324 g/mol. The molecule has 0 bridgehead atoms. The van der Waals surface area contributed by atoms with Gasteiger partial charge in [-0.25, -0.2) is 14.9 Å². The van der Waals surface area contributed by atoms with E-state index in [1.807, 2.05) is 12.1 Å². The van der Waals surface area contributed by atoms with Gasteiger partial charge in [-0.1, -0.05) is 25.8 Å². The van der Waals surface area contributed by atoms with Gasteiger partial charge in [0, 0.05) is 5.39 Å². The smallest absolute Gasteiger partial charge is 0.305 e. The number of aryl methyl sites for hydroxylation is 1. The van der Waals surface area contributed by atoms with Crippen molar-refractivity contribution in [1.29, 1.82) is 0 Å². The molecule has 0 saturated carbocycles. The first-order valence-corrected chi connectivity index (χ1v) is 7.92. The molecule has 0 aliphatic carbocycles. The van der Waals surface area contributed by atoms with Gasteiger partial charge < -0.3 is 4.98 Å². The fraction of sp³-hybridized carbons (Fsp3) is 0.333. The summed E-state index contributed by atoms with van der Waals surface area (Å²) >= 11 is 0. The Bertz CT molecular complexity index is 1050. The first-order chi connectivity index (χ1) is 11.8. The van der Waals surface area contributed by atoms with Crippen LogP contribution in [-0.4, -0.2) is 40.2 Å². The van der Waals surface area contributed by atoms with Crippen molar-refractivity contribution in [3.63, 3.8) is 0 Å². The highest BCUT2D eigenvalue weighted by Gasteiger charge is 2.14. The van der Waals surface area contributed by atoms with Crippen LogP contribution in [-0.2, 0) is 6.42 Å². The van der Waals surface area contributed by atoms with Crippen molar-refractivity contribution < 1.29 is 0 Å². The first kappa shape index (κ1) is 14.5. The Balaban J connectivity index is 1.87. The molecule has 2 N–H and O–H groups in total. The number of benzene rings is 1. The number of rotatable bonds is 5. The number of hydrogen-bond acceptors (Lipinski definition) is 6. The molecule has 0 atom stereocenters. The van der Waals surface area contributed by atoms with Gasteiger partial charge in [-0.3, -0.25) is 0 Å². The quantitative estimate of drug-likeness (QED) is 0.537. The van der Waals surface area contributed by atoms with E-state index in [1.54, 1.807) is 0 Å². The van der Waals surface area contributed by atoms with Crippen molar-refractivity contribution in [3.8, 4) is 11.6 Å². The number of tetrazole rings is 1. The minimum atomic E-state index is -0.345. The largest absolute Gasteiger partial charge is 0.348 e. The van der Waals surface area contributed by atoms with E-state index in [9.17, 15) is 4.79 Å². The zero-order valence-electron chi connectivity index (χ0n) is 13.2. The maximum absolute atomic E-state index is 12.2. The Labute approximate surface area is 136 Å². The summed E-state index contributed by atoms with van der Waals surface area (Å²) < 4.78 is 1.25. The predicted molar refractivity (Wildman–Crippen MR) is 87.5 cm³/mol. The summed E-state index contributed by atoms with van der Waals surface area (Å²) in [5.74, 6) is 0.611. The number of fused-ring (bicyclic) bond motifs is 3. The standard InChI is InChI=1S/C15H16N8O/c1-2-3-4-5-9-6-7-11-10(8-9)14-17-12(13-18-21-22-19-13)20-23(14)15(24)16-11/h6-8H,2-5H2,1H3,(H,16,24)(H,18,19,21,22). The van der Waals surface area contributed by atoms with Crippen LogP contribution in [0.5, 0.6) is 0 Å². The second-order valence-electron chi connectivity index (χ2n) is 5.69. The molecule has 0 saturated heterocycles. The predicted octanol–water partition coefficient (Wildman–Crippen LogP) is 1.48. The van der Waals surface area contributed by atoms with Gasteiger partial charge in [-0.15, -0.1) is 10.2 Å². The highest BCUT2D eigenvalue weighted by atomic mass is 16.1. The fourth-order valence-electron chi connectivity index (χ4n) is 2.77. The van der Waals surface area contributed by atoms with Gasteiger partial charge in [0.25, 0.3) is 0 Å². The van der Waals surface area contributed by atoms with Crippen LogP contribution in [0.15, 0.2) is 23.0 Å². The molecule has 9 nitrogen and oxygen atoms in total. The molecule has 4 rings (SSSR count). The van der Waals surface area contributed by atoms with Gasteiger partial charge in [-0.2, -0.15) is 4.52 Å². The zero-order chi connectivity index (χ0) is 16.5. The third kappa shape index (κ3) is 2.43. The molecule has 0 spiro atoms. The summed E-state index contributed by atoms with van der Waals surface area (Å²) in [6, 6.07) is 6.03. The molecule has 24 heavy (non-hydrogen) atoms. The maximum Gasteiger partial charge on any atom is 0.348 e. The van der Waals surface area contributed by atoms with E-state index >= 15 is 0 Å². The number of aromatic amines is 2. The van der Waals surface area contributed by atoms with E-state index in [-0.39, 0.29) is 11.5 Å². The first-order valence-electron chi connectivity index (χ1n) is 7.92. The van der Waals surface area contributed by atoms with Crippen molar-refractivity contribution in [2.45, 2.75) is 32.6 Å². The highest BCUT2D eigenvalue weighted by Crippen LogP contribution is 2.20. The molecule has 0 aliphatic rings. The van der Waals surface area contributed by atoms with Crippen LogP contribution in [0.25, 0.3) is 28.2 Å². The van der Waals surface area contributed by atoms with Crippen molar-refractivity contribution in [1.82, 2.24) is 40.2 Å². The van der Waals surface area contributed by atoms with E-state index < -0.39 is 0 Å². The van der Waals surface area contributed by atoms with Crippen LogP contribution in [0, 0.1) is 0 Å². The van der Waals surface area contributed by atoms with Gasteiger partial charge in [-0.05, 0) is 41.0 Å². The van der Waals surface area contributed by atoms with Crippen LogP contribution in [0.3, 0.4) is 0 Å². The van der Waals surface area contributed by atoms with Gasteiger partial charge in [0.05, 0.1) is 5.52 Å². The molecule has 122 valence electrons. The molecule has 3 heterocycles. The molecule has 0 radical (unpaired) electrons. The molecule has 0 unspecified atom stereocenters. The number of H-pyrrole nitrogens is 2. The fourth-order valence-corrected chi connectivity index (χ4v) is 2.77. The van der Waals surface area contributed by atoms with Gasteiger partial charge in [0.15, 0.2) is 5.65 Å². The Morgan fingerprint density at radius 3 is 2.96 bits per heavy atom. The Hall–Kier alpha value is -3.10. The Kier molecular flexibility index (Phi) is 3.52. The minimum Gasteiger partial charge on any atom is -0.305 e. The van der Waals surface area contributed by atoms with E-state index in [0.29, 0.717) is 11.5 Å². The molecule has 9 heteroatoms. The van der Waals surface area contributed by atoms with Crippen molar-refractivity contribution in [2.24, 2.45) is 0 Å². The summed E-state index contributed by atoms with van der Waals surface area (Å²) in [4.78, 5) is 19.5. The monoisotopic (exact) mass is 324 g/mol. The molecular weight excluding hydrogens is 308 g/mol. The lowest BCUT2D eigenvalue weighted by molar-refractivity contribution is 0.718. The topological polar surface area (TPSA) is 118 Å². The molecule has 0 amide bonds. The molecule has 4 aromatic rings. The van der Waals surface area contributed by atoms with Crippen LogP contribution >= 0.6 is 0 Å². The van der Waals surface area contributed by atoms with Crippen molar-refractivity contribution in [3.05, 3.63) is 34.2 Å². The van der Waals surface area contributed by atoms with E-state index in [4.69, 9.17) is 0 Å². The van der Waals surface area contributed by atoms with E-state index in [1.165, 1.54) is 22.9 Å². The molecular formula is C15H16N8O. The SMILES string of the molecule is CCCCCc1ccc2[nH]c(=O)n3nc(-c4nnn[nH]4)nc3c2c1. The Morgan fingerprint density at radius 2 is 2.17 bits per heavy atom. The molecule has 1 aromatic carbocycles. The van der Waals surface area contributed by atoms with Crippen LogP contribution < -0.4 is 5.69 Å². The highest BCUT2D eigenvalue weighted by molar-refractivity contribution is 5.91. The lowest BCUT2D eigenvalue weighted by Gasteiger charge is -2.04. The van der Waals surface area contributed by atoms with Crippen molar-refractivity contribution in [2.75, 3.05) is 0 Å². The number of nitrogens with zero attached hydrogens (tertiary/aromatic N) is 6. The second-order valence-corrected chi connectivity index (χ2v) is 5.69. The zero-order valence-corrected chi connectivity index (χ0v) is 13.2. The summed E-state index contributed by atoms with van der Waals surface area (Å²) in [5.41, 5.74) is 2.11. The summed E-state index contributed by atoms with van der Waals surface area (Å²) in [5, 5.41) is 18.5. The van der Waals surface area contributed by atoms with E-state index in [0.717, 1.165) is 23.7 Å². The van der Waals surface area contributed by atoms with Gasteiger partial charge in [0.1, 0.15) is 0 Å². The molecule has 3 aromatic heterocycles. The maximum atomic E-state index is 12.2. The van der Waals surface area contributed by atoms with Gasteiger partial charge >= 0.3 is 5.69 Å². The summed E-state index contributed by atoms with van der Waals surface area (Å²) in [6.07, 6.45) is 4.53. The minimum absolute atomic E-state index is 0.286. The average Bonchev–Trinajstić information content (AvgIpc) is 3.25. The van der Waals surface area contributed by atoms with Gasteiger partial charge in [0.2, 0.25) is 11.6 Å². The number of aromatic nitrogens is 8. The summed E-state index contributed by atoms with van der Waals surface area (Å²) in [6.45, 7) is 2.19. The third-order valence-electron chi connectivity index (χ3n) is 3.99. The Morgan fingerprint density at radius 1 is 1.25 bits per heavy atom. The number of hydrogen-bond donors (Lipinski definition) is 2. The van der Waals surface area contributed by atoms with Crippen LogP contribution in [0.1, 0.15) is 31.7 Å². The molecule has 0 fully saturated rings. The lowest BCUT2D eigenvalue weighted by Crippen LogP contribution is -2.17. The number of nitrogens with one attached hydrogen (secondary N) is 2. The normalized spacial score (nSPS) is 11.5. The lowest BCUT2D eigenvalue weighted by atomic mass is 10.1. The summed E-state index contributed by atoms with van der Waals surface area (Å²) in [7, 11) is 0. The van der Waals surface area contributed by atoms with Crippen LogP contribution in [0.2, 0.25) is 0 Å². The van der Waals surface area contributed by atoms with Crippen molar-refractivity contribution >= 4 is 16.6 Å². The third-order valence-corrected chi connectivity index (χ3v) is 3.99. The second kappa shape index (κ2) is 5.84. The number of unbranched alkanes of at least 4 members (excludes halogenated alkanes) is 2. The molecule has 0 aliphatic heterocycles. The van der Waals surface area contributed by atoms with E-state index in [2.05, 4.69) is 48.7 Å².